The van der Waals surface area contributed by atoms with Gasteiger partial charge in [-0.3, -0.25) is 4.79 Å². The molecule has 3 rings (SSSR count). The fourth-order valence-electron chi connectivity index (χ4n) is 2.94. The number of para-hydroxylation sites is 1. The summed E-state index contributed by atoms with van der Waals surface area (Å²) in [6, 6.07) is 13.3. The van der Waals surface area contributed by atoms with E-state index in [1.54, 1.807) is 26.2 Å². The Morgan fingerprint density at radius 2 is 2.03 bits per heavy atom. The molecule has 0 fully saturated rings. The molecule has 8 heteroatoms. The van der Waals surface area contributed by atoms with Gasteiger partial charge in [0.05, 0.1) is 25.7 Å². The predicted molar refractivity (Wildman–Crippen MR) is 117 cm³/mol. The van der Waals surface area contributed by atoms with Crippen LogP contribution in [0.3, 0.4) is 0 Å². The van der Waals surface area contributed by atoms with Gasteiger partial charge < -0.3 is 20.3 Å². The monoisotopic (exact) mass is 434 g/mol. The van der Waals surface area contributed by atoms with Gasteiger partial charge in [-0.2, -0.15) is 0 Å². The summed E-state index contributed by atoms with van der Waals surface area (Å²) in [5.74, 6) is 1.35. The van der Waals surface area contributed by atoms with Crippen LogP contribution >= 0.6 is 23.2 Å². The van der Waals surface area contributed by atoms with Gasteiger partial charge in [0.15, 0.2) is 5.96 Å². The lowest BCUT2D eigenvalue weighted by molar-refractivity contribution is -0.127. The molecule has 0 radical (unpaired) electrons. The van der Waals surface area contributed by atoms with Gasteiger partial charge in [0.25, 0.3) is 0 Å². The molecule has 0 aliphatic carbocycles. The van der Waals surface area contributed by atoms with Crippen LogP contribution in [0, 0.1) is 0 Å². The number of fused-ring (bicyclic) bond motifs is 1. The molecule has 154 valence electrons. The minimum absolute atomic E-state index is 0.0290. The third-order valence-electron chi connectivity index (χ3n) is 4.60. The molecule has 1 aliphatic rings. The third-order valence-corrected chi connectivity index (χ3v) is 5.18. The van der Waals surface area contributed by atoms with Crippen molar-refractivity contribution in [3.05, 3.63) is 63.6 Å². The first kappa shape index (κ1) is 21.3. The maximum Gasteiger partial charge on any atom is 0.241 e. The lowest BCUT2D eigenvalue weighted by atomic mass is 10.0. The molecule has 0 saturated carbocycles. The normalized spacial score (nSPS) is 15.9. The SMILES string of the molecule is CN(C)C(=O)CNC(=NCc1ccc(Cl)cc1Cl)NC1CCOc2ccccc21. The first-order valence-corrected chi connectivity index (χ1v) is 10.1. The molecular formula is C21H24Cl2N4O2. The Labute approximate surface area is 180 Å². The van der Waals surface area contributed by atoms with Gasteiger partial charge in [-0.05, 0) is 23.8 Å². The smallest absolute Gasteiger partial charge is 0.241 e. The minimum atomic E-state index is -0.0450. The van der Waals surface area contributed by atoms with Crippen LogP contribution in [0.1, 0.15) is 23.6 Å². The Balaban J connectivity index is 1.78. The number of carbonyl (C=O) groups excluding carboxylic acids is 1. The van der Waals surface area contributed by atoms with E-state index >= 15 is 0 Å². The Morgan fingerprint density at radius 3 is 2.79 bits per heavy atom. The number of benzene rings is 2. The third kappa shape index (κ3) is 5.78. The molecule has 0 spiro atoms. The van der Waals surface area contributed by atoms with Gasteiger partial charge in [0, 0.05) is 36.1 Å². The Bertz CT molecular complexity index is 902. The van der Waals surface area contributed by atoms with Crippen LogP contribution in [0.2, 0.25) is 10.0 Å². The Kier molecular flexibility index (Phi) is 7.23. The second kappa shape index (κ2) is 9.85. The number of aliphatic imine (C=N–C) groups is 1. The molecule has 2 N–H and O–H groups in total. The molecule has 0 aromatic heterocycles. The number of likely N-dealkylation sites (N-methyl/N-ethyl adjacent to an activating group) is 1. The second-order valence-corrected chi connectivity index (χ2v) is 7.76. The molecule has 0 bridgehead atoms. The van der Waals surface area contributed by atoms with Crippen molar-refractivity contribution in [2.45, 2.75) is 19.0 Å². The van der Waals surface area contributed by atoms with E-state index in [9.17, 15) is 4.79 Å². The van der Waals surface area contributed by atoms with E-state index in [2.05, 4.69) is 15.6 Å². The number of amides is 1. The van der Waals surface area contributed by atoms with Crippen molar-refractivity contribution in [1.29, 1.82) is 0 Å². The van der Waals surface area contributed by atoms with Crippen molar-refractivity contribution < 1.29 is 9.53 Å². The van der Waals surface area contributed by atoms with E-state index < -0.39 is 0 Å². The number of rotatable bonds is 5. The molecule has 1 aliphatic heterocycles. The van der Waals surface area contributed by atoms with Crippen LogP contribution in [0.4, 0.5) is 0 Å². The number of guanidine groups is 1. The first-order chi connectivity index (χ1) is 13.9. The zero-order valence-electron chi connectivity index (χ0n) is 16.4. The zero-order chi connectivity index (χ0) is 20.8. The average Bonchev–Trinajstić information content (AvgIpc) is 2.70. The van der Waals surface area contributed by atoms with E-state index in [1.165, 1.54) is 4.90 Å². The molecule has 1 atom stereocenters. The molecule has 2 aromatic carbocycles. The summed E-state index contributed by atoms with van der Waals surface area (Å²) in [7, 11) is 3.44. The number of hydrogen-bond donors (Lipinski definition) is 2. The zero-order valence-corrected chi connectivity index (χ0v) is 17.9. The van der Waals surface area contributed by atoms with E-state index in [1.807, 2.05) is 30.3 Å². The molecule has 1 heterocycles. The minimum Gasteiger partial charge on any atom is -0.493 e. The van der Waals surface area contributed by atoms with Crippen molar-refractivity contribution >= 4 is 35.1 Å². The summed E-state index contributed by atoms with van der Waals surface area (Å²) in [5.41, 5.74) is 1.92. The summed E-state index contributed by atoms with van der Waals surface area (Å²) >= 11 is 12.2. The van der Waals surface area contributed by atoms with E-state index in [-0.39, 0.29) is 18.5 Å². The maximum atomic E-state index is 12.0. The summed E-state index contributed by atoms with van der Waals surface area (Å²) in [5, 5.41) is 7.68. The van der Waals surface area contributed by atoms with Crippen LogP contribution < -0.4 is 15.4 Å². The molecule has 29 heavy (non-hydrogen) atoms. The van der Waals surface area contributed by atoms with Crippen molar-refractivity contribution in [2.24, 2.45) is 4.99 Å². The summed E-state index contributed by atoms with van der Waals surface area (Å²) < 4.78 is 5.73. The van der Waals surface area contributed by atoms with Crippen LogP contribution in [-0.4, -0.2) is 44.0 Å². The molecule has 1 amide bonds. The van der Waals surface area contributed by atoms with Gasteiger partial charge in [-0.1, -0.05) is 47.5 Å². The summed E-state index contributed by atoms with van der Waals surface area (Å²) in [4.78, 5) is 18.2. The molecule has 1 unspecified atom stereocenters. The molecule has 6 nitrogen and oxygen atoms in total. The molecule has 2 aromatic rings. The molecular weight excluding hydrogens is 411 g/mol. The summed E-state index contributed by atoms with van der Waals surface area (Å²) in [6.07, 6.45) is 0.793. The van der Waals surface area contributed by atoms with Crippen LogP contribution in [0.5, 0.6) is 5.75 Å². The quantitative estimate of drug-likeness (QED) is 0.556. The number of hydrogen-bond acceptors (Lipinski definition) is 3. The van der Waals surface area contributed by atoms with Crippen molar-refractivity contribution in [3.8, 4) is 5.75 Å². The van der Waals surface area contributed by atoms with Gasteiger partial charge in [-0.15, -0.1) is 0 Å². The summed E-state index contributed by atoms with van der Waals surface area (Å²) in [6.45, 7) is 1.10. The van der Waals surface area contributed by atoms with Crippen LogP contribution in [0.15, 0.2) is 47.5 Å². The van der Waals surface area contributed by atoms with Gasteiger partial charge >= 0.3 is 0 Å². The highest BCUT2D eigenvalue weighted by Gasteiger charge is 2.22. The first-order valence-electron chi connectivity index (χ1n) is 9.34. The van der Waals surface area contributed by atoms with E-state index in [4.69, 9.17) is 27.9 Å². The Morgan fingerprint density at radius 1 is 1.24 bits per heavy atom. The van der Waals surface area contributed by atoms with E-state index in [0.29, 0.717) is 29.2 Å². The maximum absolute atomic E-state index is 12.0. The predicted octanol–water partition coefficient (Wildman–Crippen LogP) is 3.64. The molecule has 0 saturated heterocycles. The number of carbonyl (C=O) groups is 1. The Hall–Kier alpha value is -2.44. The largest absolute Gasteiger partial charge is 0.493 e. The van der Waals surface area contributed by atoms with Crippen molar-refractivity contribution in [3.63, 3.8) is 0 Å². The fraction of sp³-hybridized carbons (Fsp3) is 0.333. The average molecular weight is 435 g/mol. The lowest BCUT2D eigenvalue weighted by Crippen LogP contribution is -2.45. The number of nitrogens with zero attached hydrogens (tertiary/aromatic N) is 2. The lowest BCUT2D eigenvalue weighted by Gasteiger charge is -2.28. The fourth-order valence-corrected chi connectivity index (χ4v) is 3.41. The topological polar surface area (TPSA) is 66.0 Å². The highest BCUT2D eigenvalue weighted by molar-refractivity contribution is 6.35. The van der Waals surface area contributed by atoms with Crippen LogP contribution in [0.25, 0.3) is 0 Å². The standard InChI is InChI=1S/C21H24Cl2N4O2/c1-27(2)20(28)13-25-21(24-12-14-7-8-15(22)11-17(14)23)26-18-9-10-29-19-6-4-3-5-16(18)19/h3-8,11,18H,9-10,12-13H2,1-2H3,(H2,24,25,26). The van der Waals surface area contributed by atoms with Crippen molar-refractivity contribution in [1.82, 2.24) is 15.5 Å². The van der Waals surface area contributed by atoms with Crippen molar-refractivity contribution in [2.75, 3.05) is 27.2 Å². The second-order valence-electron chi connectivity index (χ2n) is 6.91. The van der Waals surface area contributed by atoms with E-state index in [0.717, 1.165) is 23.3 Å². The number of halogens is 2. The number of ether oxygens (including phenoxy) is 1. The van der Waals surface area contributed by atoms with Gasteiger partial charge in [0.2, 0.25) is 5.91 Å². The van der Waals surface area contributed by atoms with Crippen LogP contribution in [-0.2, 0) is 11.3 Å². The number of nitrogens with one attached hydrogen (secondary N) is 2. The highest BCUT2D eigenvalue weighted by atomic mass is 35.5. The highest BCUT2D eigenvalue weighted by Crippen LogP contribution is 2.31. The van der Waals surface area contributed by atoms with Gasteiger partial charge in [-0.25, -0.2) is 4.99 Å². The van der Waals surface area contributed by atoms with Gasteiger partial charge in [0.1, 0.15) is 5.75 Å².